The van der Waals surface area contributed by atoms with Gasteiger partial charge >= 0.3 is 0 Å². The number of aromatic nitrogens is 1. The van der Waals surface area contributed by atoms with E-state index in [4.69, 9.17) is 4.42 Å². The smallest absolute Gasteiger partial charge is 0.289 e. The number of thiazole rings is 1. The Morgan fingerprint density at radius 2 is 2.21 bits per heavy atom. The first-order valence-electron chi connectivity index (χ1n) is 7.94. The molecule has 1 aliphatic heterocycles. The minimum Gasteiger partial charge on any atom is -0.451 e. The maximum absolute atomic E-state index is 12.8. The van der Waals surface area contributed by atoms with Crippen LogP contribution in [-0.4, -0.2) is 28.9 Å². The van der Waals surface area contributed by atoms with E-state index >= 15 is 0 Å². The summed E-state index contributed by atoms with van der Waals surface area (Å²) < 4.78 is 5.68. The Morgan fingerprint density at radius 3 is 3.04 bits per heavy atom. The summed E-state index contributed by atoms with van der Waals surface area (Å²) in [5.74, 6) is 0.146. The first kappa shape index (κ1) is 15.1. The Labute approximate surface area is 142 Å². The van der Waals surface area contributed by atoms with Crippen LogP contribution in [-0.2, 0) is 0 Å². The summed E-state index contributed by atoms with van der Waals surface area (Å²) in [5, 5.41) is 3.51. The molecule has 0 saturated carbocycles. The number of hydrogen-bond acceptors (Lipinski definition) is 5. The van der Waals surface area contributed by atoms with Crippen LogP contribution >= 0.6 is 11.3 Å². The van der Waals surface area contributed by atoms with Crippen LogP contribution in [0.1, 0.15) is 34.3 Å². The van der Waals surface area contributed by atoms with Gasteiger partial charge in [0.15, 0.2) is 11.2 Å². The number of nitrogens with zero attached hydrogens (tertiary/aromatic N) is 2. The molecule has 4 rings (SSSR count). The van der Waals surface area contributed by atoms with Crippen LogP contribution in [0.5, 0.6) is 0 Å². The van der Waals surface area contributed by atoms with E-state index in [1.807, 2.05) is 5.38 Å². The molecule has 0 unspecified atom stereocenters. The van der Waals surface area contributed by atoms with Crippen molar-refractivity contribution in [2.75, 3.05) is 13.1 Å². The van der Waals surface area contributed by atoms with Gasteiger partial charge in [0.25, 0.3) is 5.91 Å². The van der Waals surface area contributed by atoms with Gasteiger partial charge < -0.3 is 9.32 Å². The van der Waals surface area contributed by atoms with Gasteiger partial charge in [0.1, 0.15) is 5.58 Å². The van der Waals surface area contributed by atoms with E-state index in [1.165, 1.54) is 6.07 Å². The monoisotopic (exact) mass is 340 g/mol. The number of benzene rings is 1. The molecule has 5 nitrogen and oxygen atoms in total. The second kappa shape index (κ2) is 6.20. The average Bonchev–Trinajstić information content (AvgIpc) is 3.16. The molecule has 1 aliphatic rings. The fourth-order valence-electron chi connectivity index (χ4n) is 3.16. The predicted molar refractivity (Wildman–Crippen MR) is 92.5 cm³/mol. The van der Waals surface area contributed by atoms with Crippen LogP contribution in [0, 0.1) is 0 Å². The van der Waals surface area contributed by atoms with Crippen molar-refractivity contribution < 1.29 is 9.21 Å². The third kappa shape index (κ3) is 2.73. The van der Waals surface area contributed by atoms with Gasteiger partial charge in [-0.3, -0.25) is 9.59 Å². The topological polar surface area (TPSA) is 63.4 Å². The fourth-order valence-corrected chi connectivity index (χ4v) is 3.93. The number of likely N-dealkylation sites (tertiary alicyclic amines) is 1. The van der Waals surface area contributed by atoms with Crippen molar-refractivity contribution in [3.8, 4) is 0 Å². The van der Waals surface area contributed by atoms with E-state index in [1.54, 1.807) is 46.7 Å². The van der Waals surface area contributed by atoms with Crippen molar-refractivity contribution in [1.29, 1.82) is 0 Å². The molecule has 6 heteroatoms. The molecule has 0 bridgehead atoms. The van der Waals surface area contributed by atoms with E-state index in [-0.39, 0.29) is 23.0 Å². The molecule has 1 atom stereocenters. The summed E-state index contributed by atoms with van der Waals surface area (Å²) in [6, 6.07) is 8.29. The number of piperidine rings is 1. The second-order valence-electron chi connectivity index (χ2n) is 5.93. The highest BCUT2D eigenvalue weighted by atomic mass is 32.1. The lowest BCUT2D eigenvalue weighted by Crippen LogP contribution is -2.39. The second-order valence-corrected chi connectivity index (χ2v) is 6.86. The largest absolute Gasteiger partial charge is 0.451 e. The third-order valence-corrected chi connectivity index (χ3v) is 5.29. The molecular formula is C18H16N2O3S. The average molecular weight is 340 g/mol. The van der Waals surface area contributed by atoms with Crippen LogP contribution in [0.15, 0.2) is 51.1 Å². The zero-order valence-electron chi connectivity index (χ0n) is 13.0. The first-order valence-corrected chi connectivity index (χ1v) is 8.82. The Balaban J connectivity index is 1.62. The molecule has 1 amide bonds. The first-order chi connectivity index (χ1) is 11.7. The van der Waals surface area contributed by atoms with Crippen molar-refractivity contribution >= 4 is 28.2 Å². The highest BCUT2D eigenvalue weighted by molar-refractivity contribution is 7.09. The highest BCUT2D eigenvalue weighted by Gasteiger charge is 2.28. The molecule has 0 aliphatic carbocycles. The number of hydrogen-bond donors (Lipinski definition) is 0. The van der Waals surface area contributed by atoms with Gasteiger partial charge in [-0.2, -0.15) is 0 Å². The van der Waals surface area contributed by atoms with Gasteiger partial charge in [0.05, 0.1) is 10.4 Å². The highest BCUT2D eigenvalue weighted by Crippen LogP contribution is 2.29. The third-order valence-electron chi connectivity index (χ3n) is 4.35. The van der Waals surface area contributed by atoms with E-state index in [9.17, 15) is 9.59 Å². The van der Waals surface area contributed by atoms with E-state index in [2.05, 4.69) is 4.98 Å². The summed E-state index contributed by atoms with van der Waals surface area (Å²) in [5.41, 5.74) is 0.260. The van der Waals surface area contributed by atoms with Crippen molar-refractivity contribution in [2.45, 2.75) is 18.8 Å². The number of amides is 1. The van der Waals surface area contributed by atoms with Gasteiger partial charge in [-0.1, -0.05) is 12.1 Å². The normalized spacial score (nSPS) is 18.0. The minimum atomic E-state index is -0.223. The Morgan fingerprint density at radius 1 is 1.33 bits per heavy atom. The van der Waals surface area contributed by atoms with Crippen LogP contribution in [0.25, 0.3) is 11.0 Å². The molecule has 1 fully saturated rings. The molecule has 1 saturated heterocycles. The number of carbonyl (C=O) groups excluding carboxylic acids is 1. The Hall–Kier alpha value is -2.47. The number of para-hydroxylation sites is 1. The van der Waals surface area contributed by atoms with Gasteiger partial charge in [-0.25, -0.2) is 4.98 Å². The molecule has 0 spiro atoms. The van der Waals surface area contributed by atoms with E-state index in [0.717, 1.165) is 17.8 Å². The molecule has 2 aromatic heterocycles. The van der Waals surface area contributed by atoms with Crippen molar-refractivity contribution in [1.82, 2.24) is 9.88 Å². The predicted octanol–water partition coefficient (Wildman–Crippen LogP) is 3.27. The maximum atomic E-state index is 12.8. The van der Waals surface area contributed by atoms with Crippen molar-refractivity contribution in [3.05, 3.63) is 62.9 Å². The zero-order chi connectivity index (χ0) is 16.5. The molecule has 0 N–H and O–H groups in total. The zero-order valence-corrected chi connectivity index (χ0v) is 13.8. The number of carbonyl (C=O) groups is 1. The SMILES string of the molecule is O=C(c1cc(=O)c2ccccc2o1)N1CCC[C@H](c2nccs2)C1. The summed E-state index contributed by atoms with van der Waals surface area (Å²) in [7, 11) is 0. The van der Waals surface area contributed by atoms with E-state index in [0.29, 0.717) is 24.1 Å². The summed E-state index contributed by atoms with van der Waals surface area (Å²) in [6.07, 6.45) is 3.75. The summed E-state index contributed by atoms with van der Waals surface area (Å²) in [4.78, 5) is 31.1. The van der Waals surface area contributed by atoms with Crippen LogP contribution < -0.4 is 5.43 Å². The lowest BCUT2D eigenvalue weighted by atomic mass is 9.98. The Kier molecular flexibility index (Phi) is 3.90. The fraction of sp³-hybridized carbons (Fsp3) is 0.278. The quantitative estimate of drug-likeness (QED) is 0.718. The Bertz CT molecular complexity index is 933. The summed E-state index contributed by atoms with van der Waals surface area (Å²) >= 11 is 1.62. The molecule has 24 heavy (non-hydrogen) atoms. The van der Waals surface area contributed by atoms with Gasteiger partial charge in [0.2, 0.25) is 0 Å². The molecule has 1 aromatic carbocycles. The lowest BCUT2D eigenvalue weighted by molar-refractivity contribution is 0.0675. The minimum absolute atomic E-state index is 0.110. The molecule has 0 radical (unpaired) electrons. The van der Waals surface area contributed by atoms with Gasteiger partial charge in [0, 0.05) is 36.7 Å². The van der Waals surface area contributed by atoms with Crippen LogP contribution in [0.2, 0.25) is 0 Å². The lowest BCUT2D eigenvalue weighted by Gasteiger charge is -2.31. The van der Waals surface area contributed by atoms with Crippen molar-refractivity contribution in [2.24, 2.45) is 0 Å². The molecule has 3 heterocycles. The standard InChI is InChI=1S/C18H16N2O3S/c21-14-10-16(23-15-6-2-1-5-13(14)15)18(22)20-8-3-4-12(11-20)17-19-7-9-24-17/h1-2,5-7,9-10,12H,3-4,8,11H2/t12-/m0/s1. The maximum Gasteiger partial charge on any atom is 0.289 e. The number of rotatable bonds is 2. The van der Waals surface area contributed by atoms with Crippen LogP contribution in [0.3, 0.4) is 0 Å². The molecular weight excluding hydrogens is 324 g/mol. The van der Waals surface area contributed by atoms with Gasteiger partial charge in [-0.05, 0) is 25.0 Å². The number of fused-ring (bicyclic) bond motifs is 1. The molecule has 122 valence electrons. The molecule has 3 aromatic rings. The summed E-state index contributed by atoms with van der Waals surface area (Å²) in [6.45, 7) is 1.29. The van der Waals surface area contributed by atoms with Crippen molar-refractivity contribution in [3.63, 3.8) is 0 Å². The van der Waals surface area contributed by atoms with E-state index < -0.39 is 0 Å². The van der Waals surface area contributed by atoms with Gasteiger partial charge in [-0.15, -0.1) is 11.3 Å². The van der Waals surface area contributed by atoms with Crippen LogP contribution in [0.4, 0.5) is 0 Å².